The molecular weight excluding hydrogens is 198 g/mol. The van der Waals surface area contributed by atoms with E-state index >= 15 is 0 Å². The quantitative estimate of drug-likeness (QED) is 0.848. The van der Waals surface area contributed by atoms with E-state index in [1.54, 1.807) is 0 Å². The second kappa shape index (κ2) is 4.84. The summed E-state index contributed by atoms with van der Waals surface area (Å²) in [5.74, 6) is 0. The Bertz CT molecular complexity index is 426. The molecule has 3 nitrogen and oxygen atoms in total. The molecule has 0 unspecified atom stereocenters. The van der Waals surface area contributed by atoms with Crippen molar-refractivity contribution in [1.29, 1.82) is 0 Å². The summed E-state index contributed by atoms with van der Waals surface area (Å²) in [4.78, 5) is 4.29. The van der Waals surface area contributed by atoms with Crippen molar-refractivity contribution in [2.45, 2.75) is 20.3 Å². The zero-order valence-electron chi connectivity index (χ0n) is 9.77. The molecule has 0 fully saturated rings. The smallest absolute Gasteiger partial charge is 0.0421 e. The molecule has 0 aliphatic carbocycles. The minimum absolute atomic E-state index is 0.896. The fourth-order valence-electron chi connectivity index (χ4n) is 1.76. The number of aryl methyl sites for hydroxylation is 2. The number of aromatic nitrogens is 2. The second-order valence-corrected chi connectivity index (χ2v) is 3.93. The van der Waals surface area contributed by atoms with Gasteiger partial charge in [0.05, 0.1) is 0 Å². The molecule has 2 aromatic rings. The predicted octanol–water partition coefficient (Wildman–Crippen LogP) is 2.29. The molecule has 0 aliphatic heterocycles. The molecule has 3 heteroatoms. The van der Waals surface area contributed by atoms with Gasteiger partial charge in [-0.15, -0.1) is 0 Å². The summed E-state index contributed by atoms with van der Waals surface area (Å²) < 4.78 is 2.11. The standard InChI is InChI=1S/C13H17N3/c1-11-6-7-12(2)16(11)15-10-8-13-5-3-4-9-14-13/h3-7,9,15H,8,10H2,1-2H3. The maximum atomic E-state index is 4.29. The van der Waals surface area contributed by atoms with Crippen LogP contribution in [0.3, 0.4) is 0 Å². The van der Waals surface area contributed by atoms with Crippen molar-refractivity contribution >= 4 is 0 Å². The van der Waals surface area contributed by atoms with E-state index in [0.717, 1.165) is 18.7 Å². The largest absolute Gasteiger partial charge is 0.326 e. The molecule has 2 aromatic heterocycles. The van der Waals surface area contributed by atoms with Gasteiger partial charge in [-0.3, -0.25) is 9.66 Å². The fourth-order valence-corrected chi connectivity index (χ4v) is 1.76. The Balaban J connectivity index is 1.89. The van der Waals surface area contributed by atoms with Crippen LogP contribution in [0.5, 0.6) is 0 Å². The lowest BCUT2D eigenvalue weighted by atomic mass is 10.3. The Hall–Kier alpha value is -1.77. The molecule has 16 heavy (non-hydrogen) atoms. The van der Waals surface area contributed by atoms with Crippen molar-refractivity contribution < 1.29 is 0 Å². The van der Waals surface area contributed by atoms with E-state index in [1.807, 2.05) is 18.3 Å². The van der Waals surface area contributed by atoms with Crippen LogP contribution in [0.1, 0.15) is 17.1 Å². The molecule has 0 aliphatic rings. The lowest BCUT2D eigenvalue weighted by molar-refractivity contribution is 0.773. The van der Waals surface area contributed by atoms with Crippen LogP contribution in [0.2, 0.25) is 0 Å². The van der Waals surface area contributed by atoms with Crippen molar-refractivity contribution in [2.75, 3.05) is 12.0 Å². The van der Waals surface area contributed by atoms with E-state index < -0.39 is 0 Å². The first kappa shape index (κ1) is 10.7. The summed E-state index contributed by atoms with van der Waals surface area (Å²) >= 11 is 0. The Morgan fingerprint density at radius 3 is 2.50 bits per heavy atom. The minimum Gasteiger partial charge on any atom is -0.326 e. The van der Waals surface area contributed by atoms with E-state index in [1.165, 1.54) is 11.4 Å². The highest BCUT2D eigenvalue weighted by Gasteiger charge is 1.99. The normalized spacial score (nSPS) is 10.4. The minimum atomic E-state index is 0.896. The van der Waals surface area contributed by atoms with Gasteiger partial charge in [-0.2, -0.15) is 0 Å². The van der Waals surface area contributed by atoms with Crippen molar-refractivity contribution in [2.24, 2.45) is 0 Å². The van der Waals surface area contributed by atoms with Crippen LogP contribution in [0, 0.1) is 13.8 Å². The van der Waals surface area contributed by atoms with E-state index in [2.05, 4.69) is 47.1 Å². The molecule has 2 rings (SSSR count). The zero-order valence-corrected chi connectivity index (χ0v) is 9.77. The number of hydrogen-bond acceptors (Lipinski definition) is 2. The fraction of sp³-hybridized carbons (Fsp3) is 0.308. The van der Waals surface area contributed by atoms with Gasteiger partial charge in [0.25, 0.3) is 0 Å². The Labute approximate surface area is 96.1 Å². The first-order valence-corrected chi connectivity index (χ1v) is 5.56. The van der Waals surface area contributed by atoms with Gasteiger partial charge >= 0.3 is 0 Å². The topological polar surface area (TPSA) is 29.9 Å². The SMILES string of the molecule is Cc1ccc(C)n1NCCc1ccccn1. The van der Waals surface area contributed by atoms with Gasteiger partial charge in [0.15, 0.2) is 0 Å². The van der Waals surface area contributed by atoms with E-state index in [0.29, 0.717) is 0 Å². The summed E-state index contributed by atoms with van der Waals surface area (Å²) in [6.07, 6.45) is 2.78. The van der Waals surface area contributed by atoms with Crippen molar-refractivity contribution in [3.05, 3.63) is 53.6 Å². The third-order valence-electron chi connectivity index (χ3n) is 2.65. The average molecular weight is 215 g/mol. The molecule has 0 atom stereocenters. The van der Waals surface area contributed by atoms with Gasteiger partial charge in [-0.05, 0) is 38.1 Å². The average Bonchev–Trinajstić information content (AvgIpc) is 2.62. The van der Waals surface area contributed by atoms with Gasteiger partial charge in [-0.1, -0.05) is 6.07 Å². The first-order valence-electron chi connectivity index (χ1n) is 5.56. The molecule has 2 heterocycles. The lowest BCUT2D eigenvalue weighted by Gasteiger charge is -2.12. The molecule has 0 saturated heterocycles. The predicted molar refractivity (Wildman–Crippen MR) is 66.1 cm³/mol. The van der Waals surface area contributed by atoms with Crippen LogP contribution >= 0.6 is 0 Å². The van der Waals surface area contributed by atoms with Crippen LogP contribution in [-0.4, -0.2) is 16.2 Å². The highest BCUT2D eigenvalue weighted by molar-refractivity contribution is 5.15. The second-order valence-electron chi connectivity index (χ2n) is 3.93. The lowest BCUT2D eigenvalue weighted by Crippen LogP contribution is -2.20. The Kier molecular flexibility index (Phi) is 3.25. The van der Waals surface area contributed by atoms with Gasteiger partial charge in [0, 0.05) is 36.2 Å². The van der Waals surface area contributed by atoms with Gasteiger partial charge in [-0.25, -0.2) is 0 Å². The van der Waals surface area contributed by atoms with Crippen molar-refractivity contribution in [3.63, 3.8) is 0 Å². The van der Waals surface area contributed by atoms with Crippen LogP contribution < -0.4 is 5.43 Å². The van der Waals surface area contributed by atoms with Crippen LogP contribution in [0.15, 0.2) is 36.5 Å². The number of rotatable bonds is 4. The summed E-state index contributed by atoms with van der Waals surface area (Å²) in [7, 11) is 0. The summed E-state index contributed by atoms with van der Waals surface area (Å²) in [5, 5.41) is 0. The Morgan fingerprint density at radius 1 is 1.12 bits per heavy atom. The molecule has 0 saturated carbocycles. The number of pyridine rings is 1. The van der Waals surface area contributed by atoms with Gasteiger partial charge in [0.2, 0.25) is 0 Å². The maximum absolute atomic E-state index is 4.29. The van der Waals surface area contributed by atoms with E-state index in [9.17, 15) is 0 Å². The van der Waals surface area contributed by atoms with E-state index in [-0.39, 0.29) is 0 Å². The Morgan fingerprint density at radius 2 is 1.88 bits per heavy atom. The molecule has 0 bridgehead atoms. The number of nitrogens with zero attached hydrogens (tertiary/aromatic N) is 2. The highest BCUT2D eigenvalue weighted by atomic mass is 15.4. The van der Waals surface area contributed by atoms with Crippen LogP contribution in [0.25, 0.3) is 0 Å². The summed E-state index contributed by atoms with van der Waals surface area (Å²) in [6.45, 7) is 5.09. The van der Waals surface area contributed by atoms with Gasteiger partial charge < -0.3 is 5.43 Å². The molecule has 0 spiro atoms. The third-order valence-corrected chi connectivity index (χ3v) is 2.65. The van der Waals surface area contributed by atoms with Crippen LogP contribution in [-0.2, 0) is 6.42 Å². The molecular formula is C13H17N3. The number of nitrogens with one attached hydrogen (secondary N) is 1. The first-order chi connectivity index (χ1) is 7.77. The molecule has 0 aromatic carbocycles. The van der Waals surface area contributed by atoms with Gasteiger partial charge in [0.1, 0.15) is 0 Å². The molecule has 0 amide bonds. The van der Waals surface area contributed by atoms with Crippen LogP contribution in [0.4, 0.5) is 0 Å². The number of hydrogen-bond donors (Lipinski definition) is 1. The highest BCUT2D eigenvalue weighted by Crippen LogP contribution is 2.04. The summed E-state index contributed by atoms with van der Waals surface area (Å²) in [6, 6.07) is 10.2. The molecule has 0 radical (unpaired) electrons. The molecule has 1 N–H and O–H groups in total. The monoisotopic (exact) mass is 215 g/mol. The maximum Gasteiger partial charge on any atom is 0.0421 e. The third kappa shape index (κ3) is 2.42. The van der Waals surface area contributed by atoms with Crippen molar-refractivity contribution in [3.8, 4) is 0 Å². The summed E-state index contributed by atoms with van der Waals surface area (Å²) in [5.41, 5.74) is 6.98. The van der Waals surface area contributed by atoms with Crippen molar-refractivity contribution in [1.82, 2.24) is 9.66 Å². The van der Waals surface area contributed by atoms with E-state index in [4.69, 9.17) is 0 Å². The zero-order chi connectivity index (χ0) is 11.4. The molecule has 84 valence electrons.